The number of piperidine rings is 1. The van der Waals surface area contributed by atoms with Crippen LogP contribution in [0.15, 0.2) is 42.6 Å². The number of carbonyl (C=O) groups is 1. The van der Waals surface area contributed by atoms with Crippen molar-refractivity contribution in [2.75, 3.05) is 26.7 Å². The Kier molecular flexibility index (Phi) is 9.41. The number of hydrogen-bond donors (Lipinski definition) is 1. The molecule has 1 aliphatic rings. The number of methoxy groups -OCH3 is 1. The summed E-state index contributed by atoms with van der Waals surface area (Å²) in [4.78, 5) is 19.7. The Labute approximate surface area is 217 Å². The summed E-state index contributed by atoms with van der Waals surface area (Å²) in [7, 11) is 1.69. The molecular weight excluding hydrogens is 480 g/mol. The van der Waals surface area contributed by atoms with Crippen molar-refractivity contribution in [1.82, 2.24) is 9.88 Å². The average Bonchev–Trinajstić information content (AvgIpc) is 3.28. The van der Waals surface area contributed by atoms with E-state index in [1.54, 1.807) is 18.4 Å². The summed E-state index contributed by atoms with van der Waals surface area (Å²) < 4.78 is 6.27. The van der Waals surface area contributed by atoms with Crippen LogP contribution in [0.5, 0.6) is 5.75 Å². The molecule has 2 aromatic heterocycles. The molecule has 0 radical (unpaired) electrons. The maximum Gasteiger partial charge on any atom is 0.303 e. The molecule has 0 amide bonds. The van der Waals surface area contributed by atoms with Gasteiger partial charge in [-0.3, -0.25) is 9.78 Å². The fourth-order valence-electron chi connectivity index (χ4n) is 5.42. The maximum atomic E-state index is 11.3. The van der Waals surface area contributed by atoms with E-state index < -0.39 is 5.97 Å². The minimum atomic E-state index is -0.687. The summed E-state index contributed by atoms with van der Waals surface area (Å²) >= 11 is 7.73. The quantitative estimate of drug-likeness (QED) is 0.291. The topological polar surface area (TPSA) is 62.7 Å². The minimum Gasteiger partial charge on any atom is -0.497 e. The monoisotopic (exact) mass is 514 g/mol. The van der Waals surface area contributed by atoms with Gasteiger partial charge in [0.15, 0.2) is 0 Å². The maximum absolute atomic E-state index is 11.3. The van der Waals surface area contributed by atoms with Crippen molar-refractivity contribution >= 4 is 39.8 Å². The van der Waals surface area contributed by atoms with Crippen molar-refractivity contribution in [3.63, 3.8) is 0 Å². The lowest BCUT2D eigenvalue weighted by molar-refractivity contribution is -0.137. The number of hydrogen-bond acceptors (Lipinski definition) is 5. The van der Waals surface area contributed by atoms with Gasteiger partial charge in [-0.2, -0.15) is 0 Å². The van der Waals surface area contributed by atoms with Crippen molar-refractivity contribution < 1.29 is 14.6 Å². The predicted octanol–water partition coefficient (Wildman–Crippen LogP) is 6.72. The van der Waals surface area contributed by atoms with Crippen LogP contribution in [0.1, 0.15) is 49.0 Å². The van der Waals surface area contributed by atoms with E-state index in [0.29, 0.717) is 11.8 Å². The van der Waals surface area contributed by atoms with E-state index in [4.69, 9.17) is 16.3 Å². The lowest BCUT2D eigenvalue weighted by atomic mass is 9.79. The van der Waals surface area contributed by atoms with Gasteiger partial charge in [0.1, 0.15) is 5.75 Å². The molecule has 2 atom stereocenters. The number of aromatic nitrogens is 1. The van der Waals surface area contributed by atoms with E-state index >= 15 is 0 Å². The van der Waals surface area contributed by atoms with Gasteiger partial charge in [0, 0.05) is 29.4 Å². The van der Waals surface area contributed by atoms with Crippen LogP contribution in [-0.2, 0) is 17.6 Å². The Morgan fingerprint density at radius 2 is 2.06 bits per heavy atom. The Morgan fingerprint density at radius 1 is 1.17 bits per heavy atom. The summed E-state index contributed by atoms with van der Waals surface area (Å²) in [5.74, 6) is 1.21. The first kappa shape index (κ1) is 25.9. The SMILES string of the molecule is COc1ccc2nccc(CCCC3CCN(CCCc4ccc(Cl)s4)CC3CCC(=O)O)c2c1. The normalized spacial score (nSPS) is 18.7. The molecule has 1 fully saturated rings. The van der Waals surface area contributed by atoms with Gasteiger partial charge >= 0.3 is 5.97 Å². The largest absolute Gasteiger partial charge is 0.497 e. The molecule has 1 aromatic carbocycles. The van der Waals surface area contributed by atoms with E-state index in [1.807, 2.05) is 24.4 Å². The van der Waals surface area contributed by atoms with Crippen LogP contribution >= 0.6 is 22.9 Å². The minimum absolute atomic E-state index is 0.261. The zero-order chi connectivity index (χ0) is 24.6. The molecule has 2 unspecified atom stereocenters. The number of fused-ring (bicyclic) bond motifs is 1. The van der Waals surface area contributed by atoms with E-state index in [9.17, 15) is 9.90 Å². The molecule has 1 N–H and O–H groups in total. The molecule has 35 heavy (non-hydrogen) atoms. The molecule has 4 rings (SSSR count). The van der Waals surface area contributed by atoms with E-state index in [2.05, 4.69) is 28.1 Å². The van der Waals surface area contributed by atoms with Crippen LogP contribution < -0.4 is 4.74 Å². The zero-order valence-corrected chi connectivity index (χ0v) is 22.0. The van der Waals surface area contributed by atoms with Gasteiger partial charge in [0.2, 0.25) is 0 Å². The summed E-state index contributed by atoms with van der Waals surface area (Å²) in [6.45, 7) is 3.18. The van der Waals surface area contributed by atoms with E-state index in [0.717, 1.165) is 85.6 Å². The van der Waals surface area contributed by atoms with Crippen LogP contribution in [0.4, 0.5) is 0 Å². The highest BCUT2D eigenvalue weighted by Crippen LogP contribution is 2.33. The summed E-state index contributed by atoms with van der Waals surface area (Å²) in [6.07, 6.45) is 9.49. The van der Waals surface area contributed by atoms with Gasteiger partial charge in [0.05, 0.1) is 17.0 Å². The second-order valence-electron chi connectivity index (χ2n) is 9.60. The summed E-state index contributed by atoms with van der Waals surface area (Å²) in [5, 5.41) is 10.5. The molecule has 7 heteroatoms. The average molecular weight is 515 g/mol. The Bertz CT molecular complexity index is 1120. The van der Waals surface area contributed by atoms with Crippen LogP contribution in [0, 0.1) is 11.8 Å². The highest BCUT2D eigenvalue weighted by molar-refractivity contribution is 7.16. The number of benzene rings is 1. The number of likely N-dealkylation sites (tertiary alicyclic amines) is 1. The van der Waals surface area contributed by atoms with Crippen molar-refractivity contribution in [2.24, 2.45) is 11.8 Å². The Hall–Kier alpha value is -2.15. The van der Waals surface area contributed by atoms with Crippen molar-refractivity contribution in [2.45, 2.75) is 51.4 Å². The smallest absolute Gasteiger partial charge is 0.303 e. The highest BCUT2D eigenvalue weighted by atomic mass is 35.5. The number of halogens is 1. The fraction of sp³-hybridized carbons (Fsp3) is 0.500. The van der Waals surface area contributed by atoms with Crippen LogP contribution in [0.3, 0.4) is 0 Å². The van der Waals surface area contributed by atoms with E-state index in [1.165, 1.54) is 10.4 Å². The molecule has 0 spiro atoms. The van der Waals surface area contributed by atoms with Gasteiger partial charge in [-0.15, -0.1) is 11.3 Å². The number of thiophene rings is 1. The van der Waals surface area contributed by atoms with E-state index in [-0.39, 0.29) is 6.42 Å². The van der Waals surface area contributed by atoms with Gasteiger partial charge in [-0.25, -0.2) is 0 Å². The predicted molar refractivity (Wildman–Crippen MR) is 144 cm³/mol. The number of nitrogens with zero attached hydrogens (tertiary/aromatic N) is 2. The first-order valence-corrected chi connectivity index (χ1v) is 13.8. The second kappa shape index (κ2) is 12.7. The number of carboxylic acid groups (broad SMARTS) is 1. The molecular formula is C28H35ClN2O3S. The van der Waals surface area contributed by atoms with Crippen molar-refractivity contribution in [3.8, 4) is 5.75 Å². The second-order valence-corrected chi connectivity index (χ2v) is 11.4. The number of pyridine rings is 1. The number of ether oxygens (including phenoxy) is 1. The Balaban J connectivity index is 1.31. The third-order valence-corrected chi connectivity index (χ3v) is 8.58. The molecule has 0 bridgehead atoms. The number of rotatable bonds is 12. The summed E-state index contributed by atoms with van der Waals surface area (Å²) in [5.41, 5.74) is 2.31. The lowest BCUT2D eigenvalue weighted by Crippen LogP contribution is -2.41. The lowest BCUT2D eigenvalue weighted by Gasteiger charge is -2.39. The van der Waals surface area contributed by atoms with Gasteiger partial charge in [0.25, 0.3) is 0 Å². The van der Waals surface area contributed by atoms with Gasteiger partial charge < -0.3 is 14.7 Å². The molecule has 3 heterocycles. The molecule has 3 aromatic rings. The third-order valence-electron chi connectivity index (χ3n) is 7.29. The van der Waals surface area contributed by atoms with Gasteiger partial charge in [-0.05, 0) is 112 Å². The van der Waals surface area contributed by atoms with Crippen molar-refractivity contribution in [1.29, 1.82) is 0 Å². The molecule has 1 saturated heterocycles. The first-order valence-electron chi connectivity index (χ1n) is 12.6. The molecule has 188 valence electrons. The molecule has 1 aliphatic heterocycles. The van der Waals surface area contributed by atoms with Gasteiger partial charge in [-0.1, -0.05) is 11.6 Å². The van der Waals surface area contributed by atoms with Crippen LogP contribution in [0.25, 0.3) is 10.9 Å². The zero-order valence-electron chi connectivity index (χ0n) is 20.4. The third kappa shape index (κ3) is 7.42. The number of aliphatic carboxylic acids is 1. The first-order chi connectivity index (χ1) is 17.0. The molecule has 5 nitrogen and oxygen atoms in total. The van der Waals surface area contributed by atoms with Crippen molar-refractivity contribution in [3.05, 3.63) is 57.4 Å². The summed E-state index contributed by atoms with van der Waals surface area (Å²) in [6, 6.07) is 12.3. The fourth-order valence-corrected chi connectivity index (χ4v) is 6.55. The highest BCUT2D eigenvalue weighted by Gasteiger charge is 2.29. The number of aryl methyl sites for hydroxylation is 2. The van der Waals surface area contributed by atoms with Crippen LogP contribution in [-0.4, -0.2) is 47.7 Å². The molecule has 0 aliphatic carbocycles. The standard InChI is InChI=1S/C28H35ClN2O3S/c1-34-23-8-10-26-25(18-23)21(13-15-30-26)5-2-4-20-14-17-31(19-22(20)7-12-28(32)33)16-3-6-24-9-11-27(29)35-24/h8-11,13,15,18,20,22H,2-7,12,14,16-17,19H2,1H3,(H,32,33). The molecule has 0 saturated carbocycles. The number of carboxylic acids is 1. The van der Waals surface area contributed by atoms with Crippen LogP contribution in [0.2, 0.25) is 4.34 Å². The Morgan fingerprint density at radius 3 is 2.83 bits per heavy atom.